The zero-order valence-electron chi connectivity index (χ0n) is 10.6. The van der Waals surface area contributed by atoms with Crippen LogP contribution in [0.1, 0.15) is 21.5 Å². The number of carboxylic acids is 1. The van der Waals surface area contributed by atoms with Crippen LogP contribution in [-0.4, -0.2) is 11.1 Å². The highest BCUT2D eigenvalue weighted by molar-refractivity contribution is 6.30. The van der Waals surface area contributed by atoms with Gasteiger partial charge in [0, 0.05) is 11.1 Å². The molecule has 0 aliphatic carbocycles. The lowest BCUT2D eigenvalue weighted by atomic mass is 10.1. The minimum Gasteiger partial charge on any atom is -0.478 e. The first kappa shape index (κ1) is 13.4. The van der Waals surface area contributed by atoms with E-state index >= 15 is 0 Å². The predicted molar refractivity (Wildman–Crippen MR) is 74.4 cm³/mol. The Kier molecular flexibility index (Phi) is 3.76. The Balaban J connectivity index is 2.39. The maximum atomic E-state index is 11.1. The molecule has 0 fully saturated rings. The average molecular weight is 277 g/mol. The molecule has 2 aromatic carbocycles. The summed E-state index contributed by atoms with van der Waals surface area (Å²) in [4.78, 5) is 11.1. The van der Waals surface area contributed by atoms with Crippen molar-refractivity contribution in [2.75, 3.05) is 0 Å². The Morgan fingerprint density at radius 1 is 1.11 bits per heavy atom. The zero-order chi connectivity index (χ0) is 14.0. The van der Waals surface area contributed by atoms with Crippen molar-refractivity contribution in [3.8, 4) is 11.5 Å². The standard InChI is InChI=1S/C15H13ClO3/c1-9-3-5-12(7-10(9)2)19-14-8-11(16)4-6-13(14)15(17)18/h3-8H,1-2H3,(H,17,18). The van der Waals surface area contributed by atoms with Gasteiger partial charge in [-0.05, 0) is 49.2 Å². The molecule has 0 saturated carbocycles. The third-order valence-corrected chi connectivity index (χ3v) is 3.12. The van der Waals surface area contributed by atoms with E-state index in [4.69, 9.17) is 21.4 Å². The van der Waals surface area contributed by atoms with Crippen LogP contribution in [-0.2, 0) is 0 Å². The molecule has 4 heteroatoms. The first-order valence-corrected chi connectivity index (χ1v) is 6.13. The van der Waals surface area contributed by atoms with Crippen molar-refractivity contribution in [1.29, 1.82) is 0 Å². The predicted octanol–water partition coefficient (Wildman–Crippen LogP) is 4.45. The van der Waals surface area contributed by atoms with E-state index in [1.54, 1.807) is 6.07 Å². The topological polar surface area (TPSA) is 46.5 Å². The Hall–Kier alpha value is -2.00. The third kappa shape index (κ3) is 3.06. The summed E-state index contributed by atoms with van der Waals surface area (Å²) in [6.45, 7) is 3.97. The van der Waals surface area contributed by atoms with Gasteiger partial charge < -0.3 is 9.84 Å². The molecule has 0 saturated heterocycles. The number of hydrogen-bond acceptors (Lipinski definition) is 2. The van der Waals surface area contributed by atoms with E-state index in [1.165, 1.54) is 18.2 Å². The fourth-order valence-electron chi connectivity index (χ4n) is 1.66. The lowest BCUT2D eigenvalue weighted by Crippen LogP contribution is -2.00. The van der Waals surface area contributed by atoms with Crippen LogP contribution < -0.4 is 4.74 Å². The third-order valence-electron chi connectivity index (χ3n) is 2.88. The molecule has 0 radical (unpaired) electrons. The molecule has 0 spiro atoms. The van der Waals surface area contributed by atoms with Crippen LogP contribution in [0.3, 0.4) is 0 Å². The number of rotatable bonds is 3. The van der Waals surface area contributed by atoms with Crippen LogP contribution >= 0.6 is 11.6 Å². The molecule has 0 bridgehead atoms. The number of aryl methyl sites for hydroxylation is 2. The van der Waals surface area contributed by atoms with Crippen LogP contribution in [0.25, 0.3) is 0 Å². The van der Waals surface area contributed by atoms with Gasteiger partial charge in [0.1, 0.15) is 17.1 Å². The first-order valence-electron chi connectivity index (χ1n) is 5.75. The molecule has 2 rings (SSSR count). The summed E-state index contributed by atoms with van der Waals surface area (Å²) >= 11 is 5.87. The Morgan fingerprint density at radius 2 is 1.84 bits per heavy atom. The van der Waals surface area contributed by atoms with Crippen molar-refractivity contribution < 1.29 is 14.6 Å². The van der Waals surface area contributed by atoms with Crippen molar-refractivity contribution in [3.05, 3.63) is 58.1 Å². The van der Waals surface area contributed by atoms with Crippen molar-refractivity contribution in [2.45, 2.75) is 13.8 Å². The number of carboxylic acid groups (broad SMARTS) is 1. The highest BCUT2D eigenvalue weighted by Gasteiger charge is 2.12. The summed E-state index contributed by atoms with van der Waals surface area (Å²) in [6, 6.07) is 10.0. The summed E-state index contributed by atoms with van der Waals surface area (Å²) in [5.74, 6) is -0.216. The van der Waals surface area contributed by atoms with Gasteiger partial charge in [-0.1, -0.05) is 17.7 Å². The molecule has 19 heavy (non-hydrogen) atoms. The van der Waals surface area contributed by atoms with Crippen LogP contribution in [0.15, 0.2) is 36.4 Å². The molecule has 0 unspecified atom stereocenters. The van der Waals surface area contributed by atoms with Gasteiger partial charge in [0.15, 0.2) is 0 Å². The summed E-state index contributed by atoms with van der Waals surface area (Å²) in [7, 11) is 0. The highest BCUT2D eigenvalue weighted by atomic mass is 35.5. The number of aromatic carboxylic acids is 1. The maximum absolute atomic E-state index is 11.1. The smallest absolute Gasteiger partial charge is 0.339 e. The Labute approximate surface area is 116 Å². The van der Waals surface area contributed by atoms with E-state index in [0.717, 1.165) is 11.1 Å². The van der Waals surface area contributed by atoms with E-state index in [2.05, 4.69) is 0 Å². The second-order valence-electron chi connectivity index (χ2n) is 4.29. The fourth-order valence-corrected chi connectivity index (χ4v) is 1.82. The minimum atomic E-state index is -1.05. The lowest BCUT2D eigenvalue weighted by Gasteiger charge is -2.10. The molecular weight excluding hydrogens is 264 g/mol. The van der Waals surface area contributed by atoms with E-state index in [-0.39, 0.29) is 11.3 Å². The number of halogens is 1. The SMILES string of the molecule is Cc1ccc(Oc2cc(Cl)ccc2C(=O)O)cc1C. The molecule has 98 valence electrons. The van der Waals surface area contributed by atoms with Gasteiger partial charge in [0.05, 0.1) is 0 Å². The number of benzene rings is 2. The van der Waals surface area contributed by atoms with Crippen molar-refractivity contribution in [3.63, 3.8) is 0 Å². The summed E-state index contributed by atoms with van der Waals surface area (Å²) < 4.78 is 5.62. The molecule has 0 aliphatic rings. The maximum Gasteiger partial charge on any atom is 0.339 e. The van der Waals surface area contributed by atoms with E-state index in [1.807, 2.05) is 26.0 Å². The lowest BCUT2D eigenvalue weighted by molar-refractivity contribution is 0.0694. The molecular formula is C15H13ClO3. The first-order chi connectivity index (χ1) is 8.97. The monoisotopic (exact) mass is 276 g/mol. The Morgan fingerprint density at radius 3 is 2.47 bits per heavy atom. The van der Waals surface area contributed by atoms with Gasteiger partial charge in [-0.3, -0.25) is 0 Å². The van der Waals surface area contributed by atoms with Crippen LogP contribution in [0.4, 0.5) is 0 Å². The van der Waals surface area contributed by atoms with Gasteiger partial charge >= 0.3 is 5.97 Å². The second kappa shape index (κ2) is 5.33. The molecule has 0 heterocycles. The van der Waals surface area contributed by atoms with E-state index in [0.29, 0.717) is 10.8 Å². The zero-order valence-corrected chi connectivity index (χ0v) is 11.4. The number of carbonyl (C=O) groups is 1. The van der Waals surface area contributed by atoms with Gasteiger partial charge in [0.2, 0.25) is 0 Å². The van der Waals surface area contributed by atoms with Crippen molar-refractivity contribution in [1.82, 2.24) is 0 Å². The molecule has 2 aromatic rings. The summed E-state index contributed by atoms with van der Waals surface area (Å²) in [5, 5.41) is 9.54. The largest absolute Gasteiger partial charge is 0.478 e. The average Bonchev–Trinajstić information content (AvgIpc) is 2.33. The van der Waals surface area contributed by atoms with E-state index < -0.39 is 5.97 Å². The van der Waals surface area contributed by atoms with Gasteiger partial charge in [-0.15, -0.1) is 0 Å². The summed E-state index contributed by atoms with van der Waals surface area (Å²) in [6.07, 6.45) is 0. The Bertz CT molecular complexity index is 635. The van der Waals surface area contributed by atoms with E-state index in [9.17, 15) is 4.79 Å². The quantitative estimate of drug-likeness (QED) is 0.901. The number of hydrogen-bond donors (Lipinski definition) is 1. The molecule has 0 atom stereocenters. The molecule has 0 aromatic heterocycles. The number of ether oxygens (including phenoxy) is 1. The molecule has 0 aliphatic heterocycles. The van der Waals surface area contributed by atoms with Crippen LogP contribution in [0, 0.1) is 13.8 Å². The highest BCUT2D eigenvalue weighted by Crippen LogP contribution is 2.29. The van der Waals surface area contributed by atoms with Crippen LogP contribution in [0.2, 0.25) is 5.02 Å². The second-order valence-corrected chi connectivity index (χ2v) is 4.73. The summed E-state index contributed by atoms with van der Waals surface area (Å²) in [5.41, 5.74) is 2.32. The van der Waals surface area contributed by atoms with Crippen molar-refractivity contribution in [2.24, 2.45) is 0 Å². The van der Waals surface area contributed by atoms with Gasteiger partial charge in [0.25, 0.3) is 0 Å². The van der Waals surface area contributed by atoms with Crippen molar-refractivity contribution >= 4 is 17.6 Å². The molecule has 3 nitrogen and oxygen atoms in total. The minimum absolute atomic E-state index is 0.0858. The van der Waals surface area contributed by atoms with Gasteiger partial charge in [-0.25, -0.2) is 4.79 Å². The van der Waals surface area contributed by atoms with Crippen LogP contribution in [0.5, 0.6) is 11.5 Å². The fraction of sp³-hybridized carbons (Fsp3) is 0.133. The van der Waals surface area contributed by atoms with Gasteiger partial charge in [-0.2, -0.15) is 0 Å². The molecule has 0 amide bonds. The molecule has 1 N–H and O–H groups in total. The normalized spacial score (nSPS) is 10.3.